The highest BCUT2D eigenvalue weighted by Crippen LogP contribution is 2.34. The summed E-state index contributed by atoms with van der Waals surface area (Å²) in [5.41, 5.74) is 1.47. The maximum atomic E-state index is 12.8. The number of halogens is 5. The number of aliphatic hydroxyl groups excluding tert-OH is 1. The number of aromatic nitrogens is 3. The van der Waals surface area contributed by atoms with Gasteiger partial charge in [0.15, 0.2) is 5.82 Å². The molecule has 2 heterocycles. The van der Waals surface area contributed by atoms with Crippen LogP contribution in [0.25, 0.3) is 10.3 Å². The number of hydrogen-bond acceptors (Lipinski definition) is 6. The molecule has 160 valence electrons. The number of benzene rings is 2. The van der Waals surface area contributed by atoms with Crippen LogP contribution in [0.2, 0.25) is 10.0 Å². The van der Waals surface area contributed by atoms with Crippen molar-refractivity contribution in [3.8, 4) is 0 Å². The van der Waals surface area contributed by atoms with Crippen molar-refractivity contribution in [3.63, 3.8) is 0 Å². The van der Waals surface area contributed by atoms with Crippen LogP contribution in [0.1, 0.15) is 21.7 Å². The molecule has 5 nitrogen and oxygen atoms in total. The molecule has 4 rings (SSSR count). The second-order valence-corrected chi connectivity index (χ2v) is 8.43. The van der Waals surface area contributed by atoms with Gasteiger partial charge in [-0.2, -0.15) is 13.2 Å². The molecule has 0 spiro atoms. The molecule has 0 aliphatic heterocycles. The van der Waals surface area contributed by atoms with Crippen molar-refractivity contribution in [1.29, 1.82) is 0 Å². The Kier molecular flexibility index (Phi) is 6.02. The highest BCUT2D eigenvalue weighted by atomic mass is 35.5. The highest BCUT2D eigenvalue weighted by Gasteiger charge is 2.30. The molecule has 0 aliphatic rings. The van der Waals surface area contributed by atoms with E-state index < -0.39 is 11.7 Å². The number of nitrogens with zero attached hydrogens (tertiary/aromatic N) is 3. The minimum Gasteiger partial charge on any atom is -0.392 e. The van der Waals surface area contributed by atoms with E-state index in [4.69, 9.17) is 23.2 Å². The summed E-state index contributed by atoms with van der Waals surface area (Å²) in [7, 11) is 0. The second kappa shape index (κ2) is 8.58. The average molecular weight is 485 g/mol. The first-order chi connectivity index (χ1) is 14.7. The van der Waals surface area contributed by atoms with Crippen molar-refractivity contribution in [2.24, 2.45) is 0 Å². The maximum absolute atomic E-state index is 12.8. The number of nitrogens with one attached hydrogen (secondary N) is 1. The lowest BCUT2D eigenvalue weighted by atomic mass is 10.1. The second-order valence-electron chi connectivity index (χ2n) is 6.56. The van der Waals surface area contributed by atoms with Crippen molar-refractivity contribution in [2.45, 2.75) is 19.2 Å². The molecule has 0 radical (unpaired) electrons. The predicted octanol–water partition coefficient (Wildman–Crippen LogP) is 6.24. The third-order valence-corrected chi connectivity index (χ3v) is 6.06. The number of aliphatic hydroxyl groups is 1. The molecular formula is C20H13Cl2F3N4OS. The van der Waals surface area contributed by atoms with Crippen molar-refractivity contribution in [2.75, 3.05) is 5.32 Å². The lowest BCUT2D eigenvalue weighted by molar-refractivity contribution is -0.137. The normalized spacial score (nSPS) is 11.8. The Labute approximate surface area is 188 Å². The highest BCUT2D eigenvalue weighted by molar-refractivity contribution is 7.18. The van der Waals surface area contributed by atoms with Crippen LogP contribution in [-0.4, -0.2) is 20.1 Å². The molecule has 0 fully saturated rings. The minimum atomic E-state index is -4.40. The molecule has 31 heavy (non-hydrogen) atoms. The molecule has 2 aromatic heterocycles. The Morgan fingerprint density at radius 1 is 1.03 bits per heavy atom. The lowest BCUT2D eigenvalue weighted by Crippen LogP contribution is -2.04. The van der Waals surface area contributed by atoms with Gasteiger partial charge in [0.2, 0.25) is 0 Å². The van der Waals surface area contributed by atoms with Gasteiger partial charge in [-0.15, -0.1) is 0 Å². The molecular weight excluding hydrogens is 472 g/mol. The van der Waals surface area contributed by atoms with Crippen molar-refractivity contribution < 1.29 is 18.3 Å². The topological polar surface area (TPSA) is 70.9 Å². The van der Waals surface area contributed by atoms with E-state index in [-0.39, 0.29) is 6.61 Å². The van der Waals surface area contributed by atoms with Crippen LogP contribution in [0.15, 0.2) is 42.7 Å². The zero-order valence-electron chi connectivity index (χ0n) is 15.5. The number of hydrogen-bond donors (Lipinski definition) is 2. The number of anilines is 2. The third-order valence-electron chi connectivity index (χ3n) is 4.43. The van der Waals surface area contributed by atoms with E-state index >= 15 is 0 Å². The van der Waals surface area contributed by atoms with Crippen LogP contribution in [0.3, 0.4) is 0 Å². The van der Waals surface area contributed by atoms with Gasteiger partial charge in [0.05, 0.1) is 12.2 Å². The number of rotatable bonds is 5. The van der Waals surface area contributed by atoms with Gasteiger partial charge in [0, 0.05) is 22.2 Å². The zero-order valence-corrected chi connectivity index (χ0v) is 17.9. The lowest BCUT2D eigenvalue weighted by Gasteiger charge is -2.09. The van der Waals surface area contributed by atoms with Crippen molar-refractivity contribution in [1.82, 2.24) is 15.0 Å². The van der Waals surface area contributed by atoms with E-state index in [9.17, 15) is 18.3 Å². The van der Waals surface area contributed by atoms with E-state index in [0.717, 1.165) is 12.1 Å². The molecule has 0 aliphatic carbocycles. The minimum absolute atomic E-state index is 0.171. The first kappa shape index (κ1) is 21.8. The van der Waals surface area contributed by atoms with Gasteiger partial charge in [-0.1, -0.05) is 34.5 Å². The first-order valence-corrected chi connectivity index (χ1v) is 10.4. The Morgan fingerprint density at radius 2 is 1.71 bits per heavy atom. The summed E-state index contributed by atoms with van der Waals surface area (Å²) in [5.74, 6) is 0.375. The van der Waals surface area contributed by atoms with Gasteiger partial charge in [0.1, 0.15) is 21.7 Å². The number of alkyl halides is 3. The predicted molar refractivity (Wildman–Crippen MR) is 115 cm³/mol. The molecule has 0 saturated heterocycles. The molecule has 0 saturated carbocycles. The van der Waals surface area contributed by atoms with Gasteiger partial charge in [-0.25, -0.2) is 15.0 Å². The zero-order chi connectivity index (χ0) is 22.2. The SMILES string of the molecule is OCc1cc(Cl)c(Cc2nc3c(Nc4ccc(C(F)(F)F)cc4)ncnc3s2)c(Cl)c1. The summed E-state index contributed by atoms with van der Waals surface area (Å²) < 4.78 is 38.3. The first-order valence-electron chi connectivity index (χ1n) is 8.87. The molecule has 2 aromatic carbocycles. The monoisotopic (exact) mass is 484 g/mol. The summed E-state index contributed by atoms with van der Waals surface area (Å²) in [6, 6.07) is 7.93. The fourth-order valence-corrected chi connectivity index (χ4v) is 4.49. The Morgan fingerprint density at radius 3 is 2.32 bits per heavy atom. The summed E-state index contributed by atoms with van der Waals surface area (Å²) in [6.45, 7) is -0.171. The average Bonchev–Trinajstić information content (AvgIpc) is 3.14. The molecule has 0 unspecified atom stereocenters. The van der Waals surface area contributed by atoms with Crippen LogP contribution in [0.4, 0.5) is 24.7 Å². The smallest absolute Gasteiger partial charge is 0.392 e. The van der Waals surface area contributed by atoms with E-state index in [1.807, 2.05) is 0 Å². The van der Waals surface area contributed by atoms with Crippen LogP contribution in [0, 0.1) is 0 Å². The van der Waals surface area contributed by atoms with E-state index in [0.29, 0.717) is 54.5 Å². The van der Waals surface area contributed by atoms with Crippen molar-refractivity contribution >= 4 is 56.4 Å². The van der Waals surface area contributed by atoms with Gasteiger partial charge in [0.25, 0.3) is 0 Å². The van der Waals surface area contributed by atoms with Gasteiger partial charge in [-0.05, 0) is 47.5 Å². The fraction of sp³-hybridized carbons (Fsp3) is 0.150. The third kappa shape index (κ3) is 4.74. The molecule has 4 aromatic rings. The Hall–Kier alpha value is -2.46. The Balaban J connectivity index is 1.62. The molecule has 0 atom stereocenters. The van der Waals surface area contributed by atoms with Crippen LogP contribution in [-0.2, 0) is 19.2 Å². The number of fused-ring (bicyclic) bond motifs is 1. The molecule has 0 amide bonds. The standard InChI is InChI=1S/C20H13Cl2F3N4OS/c21-14-5-10(8-30)6-15(22)13(14)7-16-29-17-18(26-9-27-19(17)31-16)28-12-3-1-11(2-4-12)20(23,24)25/h1-6,9,30H,7-8H2,(H,26,27,28). The van der Waals surface area contributed by atoms with Gasteiger partial charge < -0.3 is 10.4 Å². The van der Waals surface area contributed by atoms with E-state index in [1.54, 1.807) is 12.1 Å². The summed E-state index contributed by atoms with van der Waals surface area (Å²) in [5, 5.41) is 13.8. The van der Waals surface area contributed by atoms with E-state index in [1.165, 1.54) is 29.8 Å². The summed E-state index contributed by atoms with van der Waals surface area (Å²) in [6.07, 6.45) is -2.70. The maximum Gasteiger partial charge on any atom is 0.416 e. The van der Waals surface area contributed by atoms with Crippen LogP contribution < -0.4 is 5.32 Å². The quantitative estimate of drug-likeness (QED) is 0.350. The largest absolute Gasteiger partial charge is 0.416 e. The van der Waals surface area contributed by atoms with Crippen LogP contribution in [0.5, 0.6) is 0 Å². The summed E-state index contributed by atoms with van der Waals surface area (Å²) >= 11 is 13.9. The number of thiazole rings is 1. The van der Waals surface area contributed by atoms with Gasteiger partial charge in [-0.3, -0.25) is 0 Å². The van der Waals surface area contributed by atoms with E-state index in [2.05, 4.69) is 20.3 Å². The van der Waals surface area contributed by atoms with Gasteiger partial charge >= 0.3 is 6.18 Å². The molecule has 0 bridgehead atoms. The van der Waals surface area contributed by atoms with Crippen LogP contribution >= 0.6 is 34.5 Å². The summed E-state index contributed by atoms with van der Waals surface area (Å²) in [4.78, 5) is 13.6. The molecule has 11 heteroatoms. The molecule has 2 N–H and O–H groups in total. The fourth-order valence-electron chi connectivity index (χ4n) is 2.91. The van der Waals surface area contributed by atoms with Crippen molar-refractivity contribution in [3.05, 3.63) is 74.5 Å². The Bertz CT molecular complexity index is 1220.